The van der Waals surface area contributed by atoms with Crippen LogP contribution >= 0.6 is 0 Å². The molecule has 16 heavy (non-hydrogen) atoms. The van der Waals surface area contributed by atoms with Gasteiger partial charge in [0, 0.05) is 27.8 Å². The van der Waals surface area contributed by atoms with E-state index >= 15 is 0 Å². The molecule has 3 nitrogen and oxygen atoms in total. The van der Waals surface area contributed by atoms with Crippen LogP contribution in [0.5, 0.6) is 0 Å². The number of hydrogen-bond acceptors (Lipinski definition) is 3. The largest absolute Gasteiger partial charge is 0.331 e. The van der Waals surface area contributed by atoms with Gasteiger partial charge in [-0.3, -0.25) is 0 Å². The van der Waals surface area contributed by atoms with E-state index in [0.717, 1.165) is 6.42 Å². The van der Waals surface area contributed by atoms with E-state index in [4.69, 9.17) is 14.2 Å². The molecule has 0 amide bonds. The van der Waals surface area contributed by atoms with Crippen LogP contribution in [0, 0.1) is 6.92 Å². The van der Waals surface area contributed by atoms with E-state index in [1.165, 1.54) is 11.1 Å². The van der Waals surface area contributed by atoms with Gasteiger partial charge in [0.05, 0.1) is 0 Å². The summed E-state index contributed by atoms with van der Waals surface area (Å²) in [5.74, 6) is -0.928. The van der Waals surface area contributed by atoms with Crippen molar-refractivity contribution in [2.45, 2.75) is 25.7 Å². The molecule has 1 rings (SSSR count). The lowest BCUT2D eigenvalue weighted by atomic mass is 10.0. The summed E-state index contributed by atoms with van der Waals surface area (Å²) in [7, 11) is 4.76. The summed E-state index contributed by atoms with van der Waals surface area (Å²) < 4.78 is 15.8. The average Bonchev–Trinajstić information content (AvgIpc) is 2.34. The van der Waals surface area contributed by atoms with Gasteiger partial charge in [0.2, 0.25) is 0 Å². The Bertz CT molecular complexity index is 310. The van der Waals surface area contributed by atoms with Gasteiger partial charge in [0.25, 0.3) is 5.97 Å². The van der Waals surface area contributed by atoms with Crippen LogP contribution in [0.15, 0.2) is 24.3 Å². The first-order chi connectivity index (χ1) is 7.67. The molecule has 0 saturated heterocycles. The van der Waals surface area contributed by atoms with Crippen molar-refractivity contribution in [1.82, 2.24) is 0 Å². The third kappa shape index (κ3) is 3.04. The van der Waals surface area contributed by atoms with Gasteiger partial charge in [0.1, 0.15) is 0 Å². The zero-order chi connectivity index (χ0) is 12.0. The summed E-state index contributed by atoms with van der Waals surface area (Å²) in [5, 5.41) is 0. The fourth-order valence-electron chi connectivity index (χ4n) is 1.73. The van der Waals surface area contributed by atoms with Gasteiger partial charge in [0.15, 0.2) is 0 Å². The van der Waals surface area contributed by atoms with Crippen LogP contribution in [0.25, 0.3) is 0 Å². The molecule has 0 aliphatic heterocycles. The molecule has 0 fully saturated rings. The summed E-state index contributed by atoms with van der Waals surface area (Å²) in [4.78, 5) is 0. The van der Waals surface area contributed by atoms with E-state index in [1.54, 1.807) is 21.3 Å². The quantitative estimate of drug-likeness (QED) is 0.695. The average molecular weight is 224 g/mol. The van der Waals surface area contributed by atoms with Crippen LogP contribution < -0.4 is 0 Å². The minimum absolute atomic E-state index is 0.668. The van der Waals surface area contributed by atoms with Crippen molar-refractivity contribution < 1.29 is 14.2 Å². The Hall–Kier alpha value is -0.900. The van der Waals surface area contributed by atoms with Crippen LogP contribution in [0.3, 0.4) is 0 Å². The molecule has 0 unspecified atom stereocenters. The van der Waals surface area contributed by atoms with E-state index in [1.807, 2.05) is 12.1 Å². The Morgan fingerprint density at radius 1 is 1.00 bits per heavy atom. The minimum Gasteiger partial charge on any atom is -0.331 e. The molecule has 0 N–H and O–H groups in total. The molecule has 0 atom stereocenters. The number of benzene rings is 1. The molecule has 0 aliphatic rings. The summed E-state index contributed by atoms with van der Waals surface area (Å²) >= 11 is 0. The third-order valence-electron chi connectivity index (χ3n) is 2.89. The Kier molecular flexibility index (Phi) is 4.93. The van der Waals surface area contributed by atoms with E-state index in [9.17, 15) is 0 Å². The van der Waals surface area contributed by atoms with Crippen LogP contribution in [-0.2, 0) is 20.6 Å². The molecule has 1 aromatic rings. The highest BCUT2D eigenvalue weighted by atomic mass is 16.9. The molecule has 0 saturated carbocycles. The second-order valence-corrected chi connectivity index (χ2v) is 3.72. The summed E-state index contributed by atoms with van der Waals surface area (Å²) in [5.41, 5.74) is 2.57. The highest BCUT2D eigenvalue weighted by Gasteiger charge is 2.28. The first-order valence-corrected chi connectivity index (χ1v) is 5.37. The smallest absolute Gasteiger partial charge is 0.282 e. The first-order valence-electron chi connectivity index (χ1n) is 5.37. The Labute approximate surface area is 97.3 Å². The maximum absolute atomic E-state index is 5.25. The molecule has 1 aromatic carbocycles. The number of ether oxygens (including phenoxy) is 3. The SMILES string of the molecule is COC(CCc1ccccc1C)(OC)OC. The predicted octanol–water partition coefficient (Wildman–Crippen LogP) is 2.52. The van der Waals surface area contributed by atoms with Crippen LogP contribution in [0.2, 0.25) is 0 Å². The van der Waals surface area contributed by atoms with Crippen LogP contribution in [0.1, 0.15) is 17.5 Å². The normalized spacial score (nSPS) is 11.8. The second kappa shape index (κ2) is 5.99. The van der Waals surface area contributed by atoms with Gasteiger partial charge in [-0.25, -0.2) is 0 Å². The standard InChI is InChI=1S/C13H20O3/c1-11-7-5-6-8-12(11)9-10-13(14-2,15-3)16-4/h5-8H,9-10H2,1-4H3. The maximum atomic E-state index is 5.25. The van der Waals surface area contributed by atoms with Crippen molar-refractivity contribution in [3.05, 3.63) is 35.4 Å². The van der Waals surface area contributed by atoms with Gasteiger partial charge in [-0.15, -0.1) is 0 Å². The van der Waals surface area contributed by atoms with Crippen molar-refractivity contribution in [3.63, 3.8) is 0 Å². The zero-order valence-electron chi connectivity index (χ0n) is 10.4. The maximum Gasteiger partial charge on any atom is 0.282 e. The van der Waals surface area contributed by atoms with Gasteiger partial charge in [-0.2, -0.15) is 0 Å². The first kappa shape index (κ1) is 13.2. The monoisotopic (exact) mass is 224 g/mol. The molecule has 3 heteroatoms. The van der Waals surface area contributed by atoms with Crippen molar-refractivity contribution >= 4 is 0 Å². The second-order valence-electron chi connectivity index (χ2n) is 3.72. The molecular weight excluding hydrogens is 204 g/mol. The van der Waals surface area contributed by atoms with Gasteiger partial charge >= 0.3 is 0 Å². The summed E-state index contributed by atoms with van der Waals surface area (Å²) in [6, 6.07) is 8.29. The molecule has 0 bridgehead atoms. The highest BCUT2D eigenvalue weighted by Crippen LogP contribution is 2.21. The molecule has 0 heterocycles. The number of rotatable bonds is 6. The van der Waals surface area contributed by atoms with Crippen molar-refractivity contribution in [1.29, 1.82) is 0 Å². The Morgan fingerprint density at radius 3 is 2.06 bits per heavy atom. The lowest BCUT2D eigenvalue weighted by Crippen LogP contribution is -2.36. The topological polar surface area (TPSA) is 27.7 Å². The van der Waals surface area contributed by atoms with Gasteiger partial charge in [-0.1, -0.05) is 24.3 Å². The van der Waals surface area contributed by atoms with Crippen LogP contribution in [-0.4, -0.2) is 27.3 Å². The van der Waals surface area contributed by atoms with Crippen molar-refractivity contribution in [2.24, 2.45) is 0 Å². The van der Waals surface area contributed by atoms with Crippen molar-refractivity contribution in [2.75, 3.05) is 21.3 Å². The van der Waals surface area contributed by atoms with Gasteiger partial charge < -0.3 is 14.2 Å². The lowest BCUT2D eigenvalue weighted by Gasteiger charge is -2.28. The van der Waals surface area contributed by atoms with E-state index in [-0.39, 0.29) is 0 Å². The fourth-order valence-corrected chi connectivity index (χ4v) is 1.73. The number of aryl methyl sites for hydroxylation is 2. The Balaban J connectivity index is 2.66. The minimum atomic E-state index is -0.928. The van der Waals surface area contributed by atoms with E-state index in [0.29, 0.717) is 6.42 Å². The molecular formula is C13H20O3. The summed E-state index contributed by atoms with van der Waals surface area (Å²) in [6.07, 6.45) is 1.53. The zero-order valence-corrected chi connectivity index (χ0v) is 10.4. The van der Waals surface area contributed by atoms with E-state index in [2.05, 4.69) is 19.1 Å². The molecule has 0 radical (unpaired) electrons. The lowest BCUT2D eigenvalue weighted by molar-refractivity contribution is -0.354. The number of hydrogen-bond donors (Lipinski definition) is 0. The third-order valence-corrected chi connectivity index (χ3v) is 2.89. The Morgan fingerprint density at radius 2 is 1.56 bits per heavy atom. The van der Waals surface area contributed by atoms with Crippen molar-refractivity contribution in [3.8, 4) is 0 Å². The predicted molar refractivity (Wildman–Crippen MR) is 63.3 cm³/mol. The molecule has 0 aromatic heterocycles. The van der Waals surface area contributed by atoms with Crippen LogP contribution in [0.4, 0.5) is 0 Å². The number of methoxy groups -OCH3 is 3. The highest BCUT2D eigenvalue weighted by molar-refractivity contribution is 5.25. The molecule has 0 spiro atoms. The molecule has 0 aliphatic carbocycles. The van der Waals surface area contributed by atoms with E-state index < -0.39 is 5.97 Å². The van der Waals surface area contributed by atoms with Gasteiger partial charge in [-0.05, 0) is 24.5 Å². The fraction of sp³-hybridized carbons (Fsp3) is 0.538. The molecule has 90 valence electrons. The summed E-state index contributed by atoms with van der Waals surface area (Å²) in [6.45, 7) is 2.10.